The monoisotopic (exact) mass is 334 g/mol. The van der Waals surface area contributed by atoms with Gasteiger partial charge in [0.15, 0.2) is 0 Å². The standard InChI is InChI=1S/C17H23BrN2/c18-16-13-20(17-9-5-4-8-15(16)17)11-10-19-12-14-6-2-1-3-7-14/h4-5,8-9,13-14,19H,1-3,6-7,10-12H2. The van der Waals surface area contributed by atoms with Gasteiger partial charge in [0, 0.05) is 34.7 Å². The number of para-hydroxylation sites is 1. The highest BCUT2D eigenvalue weighted by molar-refractivity contribution is 9.10. The maximum atomic E-state index is 3.65. The second-order valence-electron chi connectivity index (χ2n) is 5.90. The average molecular weight is 335 g/mol. The number of halogens is 1. The minimum Gasteiger partial charge on any atom is -0.345 e. The molecule has 0 unspecified atom stereocenters. The van der Waals surface area contributed by atoms with Crippen molar-refractivity contribution in [2.45, 2.75) is 38.6 Å². The molecule has 1 aromatic heterocycles. The van der Waals surface area contributed by atoms with E-state index in [4.69, 9.17) is 0 Å². The molecule has 1 aromatic carbocycles. The zero-order valence-corrected chi connectivity index (χ0v) is 13.5. The van der Waals surface area contributed by atoms with Crippen LogP contribution in [0.5, 0.6) is 0 Å². The van der Waals surface area contributed by atoms with Crippen molar-refractivity contribution in [1.82, 2.24) is 9.88 Å². The van der Waals surface area contributed by atoms with E-state index in [0.717, 1.165) is 19.0 Å². The first-order valence-corrected chi connectivity index (χ1v) is 8.58. The highest BCUT2D eigenvalue weighted by Gasteiger charge is 2.12. The first-order chi connectivity index (χ1) is 9.84. The van der Waals surface area contributed by atoms with Crippen molar-refractivity contribution in [2.24, 2.45) is 5.92 Å². The molecule has 0 amide bonds. The van der Waals surface area contributed by atoms with Gasteiger partial charge in [-0.05, 0) is 47.3 Å². The average Bonchev–Trinajstić information content (AvgIpc) is 2.82. The number of aromatic nitrogens is 1. The maximum Gasteiger partial charge on any atom is 0.0492 e. The van der Waals surface area contributed by atoms with Gasteiger partial charge in [-0.15, -0.1) is 0 Å². The summed E-state index contributed by atoms with van der Waals surface area (Å²) in [6.45, 7) is 3.29. The van der Waals surface area contributed by atoms with Gasteiger partial charge in [0.2, 0.25) is 0 Å². The molecular formula is C17H23BrN2. The highest BCUT2D eigenvalue weighted by Crippen LogP contribution is 2.26. The van der Waals surface area contributed by atoms with Gasteiger partial charge >= 0.3 is 0 Å². The van der Waals surface area contributed by atoms with Crippen molar-refractivity contribution in [1.29, 1.82) is 0 Å². The summed E-state index contributed by atoms with van der Waals surface area (Å²) in [7, 11) is 0. The molecule has 0 spiro atoms. The molecule has 2 nitrogen and oxygen atoms in total. The number of fused-ring (bicyclic) bond motifs is 1. The van der Waals surface area contributed by atoms with Crippen LogP contribution in [-0.2, 0) is 6.54 Å². The zero-order valence-electron chi connectivity index (χ0n) is 11.9. The summed E-state index contributed by atoms with van der Waals surface area (Å²) >= 11 is 3.65. The first kappa shape index (κ1) is 14.2. The Morgan fingerprint density at radius 3 is 2.80 bits per heavy atom. The normalized spacial score (nSPS) is 16.9. The SMILES string of the molecule is Brc1cn(CCNCC2CCCCC2)c2ccccc12. The molecule has 0 atom stereocenters. The van der Waals surface area contributed by atoms with Crippen molar-refractivity contribution >= 4 is 26.8 Å². The summed E-state index contributed by atoms with van der Waals surface area (Å²) < 4.78 is 3.54. The van der Waals surface area contributed by atoms with Gasteiger partial charge < -0.3 is 9.88 Å². The van der Waals surface area contributed by atoms with Gasteiger partial charge in [-0.3, -0.25) is 0 Å². The summed E-state index contributed by atoms with van der Waals surface area (Å²) in [4.78, 5) is 0. The van der Waals surface area contributed by atoms with Crippen LogP contribution < -0.4 is 5.32 Å². The van der Waals surface area contributed by atoms with Crippen LogP contribution in [-0.4, -0.2) is 17.7 Å². The number of benzene rings is 1. The number of hydrogen-bond acceptors (Lipinski definition) is 1. The van der Waals surface area contributed by atoms with Crippen molar-refractivity contribution in [3.8, 4) is 0 Å². The Morgan fingerprint density at radius 2 is 1.95 bits per heavy atom. The Hall–Kier alpha value is -0.800. The molecule has 108 valence electrons. The molecule has 0 aliphatic heterocycles. The molecule has 1 aliphatic rings. The van der Waals surface area contributed by atoms with E-state index in [9.17, 15) is 0 Å². The lowest BCUT2D eigenvalue weighted by Gasteiger charge is -2.21. The third-order valence-electron chi connectivity index (χ3n) is 4.43. The zero-order chi connectivity index (χ0) is 13.8. The van der Waals surface area contributed by atoms with Gasteiger partial charge in [0.1, 0.15) is 0 Å². The minimum absolute atomic E-state index is 0.914. The van der Waals surface area contributed by atoms with Gasteiger partial charge in [-0.2, -0.15) is 0 Å². The first-order valence-electron chi connectivity index (χ1n) is 7.78. The van der Waals surface area contributed by atoms with E-state index in [-0.39, 0.29) is 0 Å². The quantitative estimate of drug-likeness (QED) is 0.792. The van der Waals surface area contributed by atoms with Crippen LogP contribution >= 0.6 is 15.9 Å². The minimum atomic E-state index is 0.914. The third kappa shape index (κ3) is 3.26. The van der Waals surface area contributed by atoms with Crippen molar-refractivity contribution in [3.63, 3.8) is 0 Å². The van der Waals surface area contributed by atoms with E-state index in [2.05, 4.69) is 56.3 Å². The van der Waals surface area contributed by atoms with Gasteiger partial charge in [-0.1, -0.05) is 37.5 Å². The molecular weight excluding hydrogens is 312 g/mol. The molecule has 1 heterocycles. The van der Waals surface area contributed by atoms with E-state index in [1.165, 1.54) is 54.0 Å². The molecule has 0 radical (unpaired) electrons. The Morgan fingerprint density at radius 1 is 1.15 bits per heavy atom. The Bertz CT molecular complexity index is 555. The maximum absolute atomic E-state index is 3.65. The van der Waals surface area contributed by atoms with Crippen molar-refractivity contribution < 1.29 is 0 Å². The van der Waals surface area contributed by atoms with Crippen LogP contribution in [0.1, 0.15) is 32.1 Å². The lowest BCUT2D eigenvalue weighted by molar-refractivity contribution is 0.341. The van der Waals surface area contributed by atoms with E-state index >= 15 is 0 Å². The number of rotatable bonds is 5. The molecule has 3 rings (SSSR count). The second kappa shape index (κ2) is 6.77. The fourth-order valence-corrected chi connectivity index (χ4v) is 3.87. The summed E-state index contributed by atoms with van der Waals surface area (Å²) in [5.41, 5.74) is 1.32. The lowest BCUT2D eigenvalue weighted by Crippen LogP contribution is -2.27. The van der Waals surface area contributed by atoms with E-state index in [0.29, 0.717) is 0 Å². The number of hydrogen-bond donors (Lipinski definition) is 1. The topological polar surface area (TPSA) is 17.0 Å². The van der Waals surface area contributed by atoms with Crippen LogP contribution in [0.25, 0.3) is 10.9 Å². The van der Waals surface area contributed by atoms with Crippen LogP contribution in [0.3, 0.4) is 0 Å². The number of nitrogens with zero attached hydrogens (tertiary/aromatic N) is 1. The molecule has 1 aliphatic carbocycles. The summed E-state index contributed by atoms with van der Waals surface area (Å²) in [5.74, 6) is 0.914. The molecule has 0 saturated heterocycles. The molecule has 1 saturated carbocycles. The Kier molecular flexibility index (Phi) is 4.79. The summed E-state index contributed by atoms with van der Waals surface area (Å²) in [6, 6.07) is 8.58. The smallest absolute Gasteiger partial charge is 0.0492 e. The van der Waals surface area contributed by atoms with Crippen molar-refractivity contribution in [3.05, 3.63) is 34.9 Å². The molecule has 3 heteroatoms. The van der Waals surface area contributed by atoms with Crippen molar-refractivity contribution in [2.75, 3.05) is 13.1 Å². The van der Waals surface area contributed by atoms with E-state index < -0.39 is 0 Å². The third-order valence-corrected chi connectivity index (χ3v) is 5.06. The fourth-order valence-electron chi connectivity index (χ4n) is 3.28. The summed E-state index contributed by atoms with van der Waals surface area (Å²) in [6.07, 6.45) is 9.35. The molecule has 2 aromatic rings. The fraction of sp³-hybridized carbons (Fsp3) is 0.529. The van der Waals surface area contributed by atoms with Gasteiger partial charge in [-0.25, -0.2) is 0 Å². The van der Waals surface area contributed by atoms with Gasteiger partial charge in [0.25, 0.3) is 0 Å². The Labute approximate surface area is 129 Å². The molecule has 0 bridgehead atoms. The van der Waals surface area contributed by atoms with Crippen LogP contribution in [0, 0.1) is 5.92 Å². The molecule has 1 N–H and O–H groups in total. The number of nitrogens with one attached hydrogen (secondary N) is 1. The predicted octanol–water partition coefficient (Wildman–Crippen LogP) is 4.57. The van der Waals surface area contributed by atoms with Crippen LogP contribution in [0.15, 0.2) is 34.9 Å². The lowest BCUT2D eigenvalue weighted by atomic mass is 9.89. The van der Waals surface area contributed by atoms with Gasteiger partial charge in [0.05, 0.1) is 0 Å². The largest absolute Gasteiger partial charge is 0.345 e. The highest BCUT2D eigenvalue weighted by atomic mass is 79.9. The molecule has 1 fully saturated rings. The Balaban J connectivity index is 1.52. The van der Waals surface area contributed by atoms with Crippen LogP contribution in [0.4, 0.5) is 0 Å². The second-order valence-corrected chi connectivity index (χ2v) is 6.75. The summed E-state index contributed by atoms with van der Waals surface area (Å²) in [5, 5.41) is 4.95. The predicted molar refractivity (Wildman–Crippen MR) is 89.1 cm³/mol. The van der Waals surface area contributed by atoms with E-state index in [1.54, 1.807) is 0 Å². The van der Waals surface area contributed by atoms with E-state index in [1.807, 2.05) is 0 Å². The molecule has 20 heavy (non-hydrogen) atoms. The van der Waals surface area contributed by atoms with Crippen LogP contribution in [0.2, 0.25) is 0 Å².